The zero-order chi connectivity index (χ0) is 14.0. The van der Waals surface area contributed by atoms with E-state index in [0.29, 0.717) is 5.56 Å². The Morgan fingerprint density at radius 2 is 2.11 bits per heavy atom. The van der Waals surface area contributed by atoms with Crippen LogP contribution in [0.5, 0.6) is 0 Å². The highest BCUT2D eigenvalue weighted by Gasteiger charge is 2.19. The number of hydrogen-bond acceptors (Lipinski definition) is 5. The standard InChI is InChI=1S/C10H5Cl2N3O2S2/c11-7-2-1-6(4-13)3-8(7)15-19(16,17)9-5-14-10(12)18-9/h1-3,5,15H. The molecule has 0 amide bonds. The number of anilines is 1. The van der Waals surface area contributed by atoms with Crippen LogP contribution in [-0.4, -0.2) is 13.4 Å². The quantitative estimate of drug-likeness (QED) is 0.935. The van der Waals surface area contributed by atoms with Gasteiger partial charge in [-0.25, -0.2) is 13.4 Å². The van der Waals surface area contributed by atoms with Crippen molar-refractivity contribution in [3.8, 4) is 6.07 Å². The minimum atomic E-state index is -3.81. The van der Waals surface area contributed by atoms with Crippen LogP contribution in [0.4, 0.5) is 5.69 Å². The second-order valence-corrected chi connectivity index (χ2v) is 7.27. The van der Waals surface area contributed by atoms with Gasteiger partial charge in [0, 0.05) is 0 Å². The van der Waals surface area contributed by atoms with Gasteiger partial charge in [0.05, 0.1) is 28.5 Å². The highest BCUT2D eigenvalue weighted by Crippen LogP contribution is 2.28. The molecule has 0 aliphatic carbocycles. The van der Waals surface area contributed by atoms with Crippen LogP contribution in [0.1, 0.15) is 5.56 Å². The van der Waals surface area contributed by atoms with Gasteiger partial charge in [-0.2, -0.15) is 5.26 Å². The Hall–Kier alpha value is -1.33. The van der Waals surface area contributed by atoms with E-state index in [1.807, 2.05) is 6.07 Å². The number of benzene rings is 1. The lowest BCUT2D eigenvalue weighted by atomic mass is 10.2. The summed E-state index contributed by atoms with van der Waals surface area (Å²) in [4.78, 5) is 3.66. The van der Waals surface area contributed by atoms with Crippen molar-refractivity contribution in [3.05, 3.63) is 39.4 Å². The number of hydrogen-bond donors (Lipinski definition) is 1. The average molecular weight is 334 g/mol. The van der Waals surface area contributed by atoms with Crippen LogP contribution in [0.2, 0.25) is 9.49 Å². The number of nitrogens with one attached hydrogen (secondary N) is 1. The monoisotopic (exact) mass is 333 g/mol. The van der Waals surface area contributed by atoms with Gasteiger partial charge in [0.2, 0.25) is 0 Å². The summed E-state index contributed by atoms with van der Waals surface area (Å²) < 4.78 is 26.4. The fourth-order valence-electron chi connectivity index (χ4n) is 1.23. The molecule has 0 saturated carbocycles. The third-order valence-corrected chi connectivity index (χ3v) is 5.33. The lowest BCUT2D eigenvalue weighted by Crippen LogP contribution is -2.12. The molecule has 0 unspecified atom stereocenters. The van der Waals surface area contributed by atoms with Crippen molar-refractivity contribution in [3.63, 3.8) is 0 Å². The predicted octanol–water partition coefficient (Wildman–Crippen LogP) is 3.12. The predicted molar refractivity (Wildman–Crippen MR) is 74.1 cm³/mol. The molecule has 5 nitrogen and oxygen atoms in total. The molecule has 0 atom stereocenters. The van der Waals surface area contributed by atoms with Crippen LogP contribution in [-0.2, 0) is 10.0 Å². The molecule has 2 aromatic rings. The Bertz CT molecular complexity index is 765. The molecule has 0 aliphatic rings. The van der Waals surface area contributed by atoms with E-state index in [9.17, 15) is 8.42 Å². The molecule has 0 radical (unpaired) electrons. The molecule has 98 valence electrons. The SMILES string of the molecule is N#Cc1ccc(Cl)c(NS(=O)(=O)c2cnc(Cl)s2)c1. The maximum Gasteiger partial charge on any atom is 0.273 e. The molecule has 19 heavy (non-hydrogen) atoms. The van der Waals surface area contributed by atoms with Gasteiger partial charge in [0.1, 0.15) is 0 Å². The smallest absolute Gasteiger partial charge is 0.273 e. The molecule has 2 rings (SSSR count). The summed E-state index contributed by atoms with van der Waals surface area (Å²) in [6.07, 6.45) is 1.15. The maximum absolute atomic E-state index is 12.0. The fraction of sp³-hybridized carbons (Fsp3) is 0. The Morgan fingerprint density at radius 1 is 1.37 bits per heavy atom. The third-order valence-electron chi connectivity index (χ3n) is 2.06. The number of aromatic nitrogens is 1. The first kappa shape index (κ1) is 14.1. The van der Waals surface area contributed by atoms with Crippen LogP contribution >= 0.6 is 34.5 Å². The molecule has 0 saturated heterocycles. The van der Waals surface area contributed by atoms with Crippen molar-refractivity contribution in [2.24, 2.45) is 0 Å². The summed E-state index contributed by atoms with van der Waals surface area (Å²) in [7, 11) is -3.81. The van der Waals surface area contributed by atoms with Crippen molar-refractivity contribution < 1.29 is 8.42 Å². The zero-order valence-electron chi connectivity index (χ0n) is 9.09. The molecular formula is C10H5Cl2N3O2S2. The molecule has 1 aromatic carbocycles. The molecule has 0 spiro atoms. The van der Waals surface area contributed by atoms with Gasteiger partial charge in [-0.15, -0.1) is 0 Å². The first-order valence-electron chi connectivity index (χ1n) is 4.76. The minimum Gasteiger partial charge on any atom is -0.277 e. The molecule has 1 aromatic heterocycles. The van der Waals surface area contributed by atoms with Gasteiger partial charge in [-0.3, -0.25) is 4.72 Å². The molecule has 0 bridgehead atoms. The summed E-state index contributed by atoms with van der Waals surface area (Å²) in [6, 6.07) is 6.18. The van der Waals surface area contributed by atoms with E-state index in [1.165, 1.54) is 18.2 Å². The number of rotatable bonds is 3. The summed E-state index contributed by atoms with van der Waals surface area (Å²) in [6.45, 7) is 0. The van der Waals surface area contributed by atoms with E-state index < -0.39 is 10.0 Å². The molecular weight excluding hydrogens is 329 g/mol. The van der Waals surface area contributed by atoms with Gasteiger partial charge in [-0.05, 0) is 18.2 Å². The number of thiazole rings is 1. The summed E-state index contributed by atoms with van der Waals surface area (Å²) in [5, 5.41) is 8.97. The lowest BCUT2D eigenvalue weighted by Gasteiger charge is -2.07. The Labute approximate surface area is 123 Å². The van der Waals surface area contributed by atoms with E-state index in [1.54, 1.807) is 0 Å². The Kier molecular flexibility index (Phi) is 3.96. The van der Waals surface area contributed by atoms with E-state index in [-0.39, 0.29) is 19.4 Å². The molecule has 1 N–H and O–H groups in total. The van der Waals surface area contributed by atoms with E-state index >= 15 is 0 Å². The lowest BCUT2D eigenvalue weighted by molar-refractivity contribution is 0.603. The normalized spacial score (nSPS) is 11.0. The van der Waals surface area contributed by atoms with Crippen molar-refractivity contribution in [2.45, 2.75) is 4.21 Å². The van der Waals surface area contributed by atoms with Crippen LogP contribution < -0.4 is 4.72 Å². The second-order valence-electron chi connectivity index (χ2n) is 3.34. The van der Waals surface area contributed by atoms with E-state index in [0.717, 1.165) is 17.5 Å². The first-order chi connectivity index (χ1) is 8.92. The zero-order valence-corrected chi connectivity index (χ0v) is 12.2. The first-order valence-corrected chi connectivity index (χ1v) is 7.82. The van der Waals surface area contributed by atoms with Crippen LogP contribution in [0, 0.1) is 11.3 Å². The van der Waals surface area contributed by atoms with Crippen molar-refractivity contribution in [2.75, 3.05) is 4.72 Å². The highest BCUT2D eigenvalue weighted by atomic mass is 35.5. The Balaban J connectivity index is 2.38. The van der Waals surface area contributed by atoms with Gasteiger partial charge >= 0.3 is 0 Å². The number of sulfonamides is 1. The van der Waals surface area contributed by atoms with Gasteiger partial charge in [-0.1, -0.05) is 34.5 Å². The summed E-state index contributed by atoms with van der Waals surface area (Å²) >= 11 is 12.3. The van der Waals surface area contributed by atoms with Crippen LogP contribution in [0.3, 0.4) is 0 Å². The second kappa shape index (κ2) is 5.35. The largest absolute Gasteiger partial charge is 0.277 e. The van der Waals surface area contributed by atoms with Gasteiger partial charge in [0.15, 0.2) is 8.68 Å². The van der Waals surface area contributed by atoms with E-state index in [4.69, 9.17) is 28.5 Å². The third kappa shape index (κ3) is 3.16. The minimum absolute atomic E-state index is 0.0315. The van der Waals surface area contributed by atoms with Gasteiger partial charge < -0.3 is 0 Å². The summed E-state index contributed by atoms with van der Waals surface area (Å²) in [5.74, 6) is 0. The van der Waals surface area contributed by atoms with E-state index in [2.05, 4.69) is 9.71 Å². The number of nitriles is 1. The van der Waals surface area contributed by atoms with Crippen molar-refractivity contribution in [1.82, 2.24) is 4.98 Å². The molecule has 1 heterocycles. The fourth-order valence-corrected chi connectivity index (χ4v) is 3.82. The van der Waals surface area contributed by atoms with Crippen molar-refractivity contribution >= 4 is 50.2 Å². The maximum atomic E-state index is 12.0. The molecule has 9 heteroatoms. The summed E-state index contributed by atoms with van der Waals surface area (Å²) in [5.41, 5.74) is 0.426. The number of nitrogens with zero attached hydrogens (tertiary/aromatic N) is 2. The molecule has 0 fully saturated rings. The van der Waals surface area contributed by atoms with Crippen LogP contribution in [0.25, 0.3) is 0 Å². The average Bonchev–Trinajstić information content (AvgIpc) is 2.79. The number of halogens is 2. The van der Waals surface area contributed by atoms with Crippen LogP contribution in [0.15, 0.2) is 28.6 Å². The van der Waals surface area contributed by atoms with Crippen molar-refractivity contribution in [1.29, 1.82) is 5.26 Å². The van der Waals surface area contributed by atoms with Gasteiger partial charge in [0.25, 0.3) is 10.0 Å². The Morgan fingerprint density at radius 3 is 2.68 bits per heavy atom. The molecule has 0 aliphatic heterocycles. The topological polar surface area (TPSA) is 82.9 Å². The highest BCUT2D eigenvalue weighted by molar-refractivity contribution is 7.94.